The molecule has 6 heteroatoms. The van der Waals surface area contributed by atoms with Crippen LogP contribution >= 0.6 is 0 Å². The zero-order valence-corrected chi connectivity index (χ0v) is 15.0. The second-order valence-electron chi connectivity index (χ2n) is 5.85. The van der Waals surface area contributed by atoms with Gasteiger partial charge in [0.05, 0.1) is 12.8 Å². The Bertz CT molecular complexity index is 951. The van der Waals surface area contributed by atoms with Crippen molar-refractivity contribution in [1.29, 1.82) is 0 Å². The minimum absolute atomic E-state index is 0.147. The maximum Gasteiger partial charge on any atom is 0.274 e. The number of pyridine rings is 1. The Kier molecular flexibility index (Phi) is 5.47. The minimum Gasteiger partial charge on any atom is -0.497 e. The van der Waals surface area contributed by atoms with Gasteiger partial charge >= 0.3 is 0 Å². The number of aromatic nitrogens is 1. The fourth-order valence-corrected chi connectivity index (χ4v) is 2.52. The van der Waals surface area contributed by atoms with E-state index in [-0.39, 0.29) is 11.8 Å². The van der Waals surface area contributed by atoms with Crippen LogP contribution in [0.5, 0.6) is 5.75 Å². The number of methoxy groups -OCH3 is 1. The molecule has 0 radical (unpaired) electrons. The number of carbonyl (C=O) groups is 2. The summed E-state index contributed by atoms with van der Waals surface area (Å²) < 4.78 is 5.16. The van der Waals surface area contributed by atoms with Crippen LogP contribution < -0.4 is 15.4 Å². The lowest BCUT2D eigenvalue weighted by molar-refractivity contribution is -0.114. The number of nitrogens with one attached hydrogen (secondary N) is 2. The van der Waals surface area contributed by atoms with E-state index >= 15 is 0 Å². The molecule has 2 amide bonds. The molecule has 2 aromatic carbocycles. The van der Waals surface area contributed by atoms with Gasteiger partial charge in [-0.05, 0) is 60.7 Å². The summed E-state index contributed by atoms with van der Waals surface area (Å²) in [4.78, 5) is 28.0. The lowest BCUT2D eigenvalue weighted by atomic mass is 10.1. The molecule has 1 heterocycles. The van der Waals surface area contributed by atoms with Gasteiger partial charge in [-0.2, -0.15) is 0 Å². The number of hydrogen-bond acceptors (Lipinski definition) is 4. The largest absolute Gasteiger partial charge is 0.497 e. The molecule has 0 saturated heterocycles. The quantitative estimate of drug-likeness (QED) is 0.721. The standard InChI is InChI=1S/C21H19N3O3/c1-14(25)22-16-8-10-17(11-9-16)23-21(26)20-5-3-4-19(24-20)15-6-12-18(27-2)13-7-15/h3-13H,1-2H3,(H,22,25)(H,23,26). The minimum atomic E-state index is -0.308. The van der Waals surface area contributed by atoms with Crippen LogP contribution in [0.4, 0.5) is 11.4 Å². The first-order valence-corrected chi connectivity index (χ1v) is 8.35. The SMILES string of the molecule is COc1ccc(-c2cccc(C(=O)Nc3ccc(NC(C)=O)cc3)n2)cc1. The zero-order valence-electron chi connectivity index (χ0n) is 15.0. The van der Waals surface area contributed by atoms with Gasteiger partial charge in [0.2, 0.25) is 5.91 Å². The monoisotopic (exact) mass is 361 g/mol. The van der Waals surface area contributed by atoms with Crippen LogP contribution in [0.3, 0.4) is 0 Å². The van der Waals surface area contributed by atoms with Gasteiger partial charge in [0.1, 0.15) is 11.4 Å². The van der Waals surface area contributed by atoms with Gasteiger partial charge in [-0.1, -0.05) is 6.07 Å². The van der Waals surface area contributed by atoms with Gasteiger partial charge in [-0.15, -0.1) is 0 Å². The number of hydrogen-bond donors (Lipinski definition) is 2. The molecule has 0 fully saturated rings. The summed E-state index contributed by atoms with van der Waals surface area (Å²) >= 11 is 0. The third kappa shape index (κ3) is 4.70. The predicted octanol–water partition coefficient (Wildman–Crippen LogP) is 3.97. The number of rotatable bonds is 5. The Morgan fingerprint density at radius 1 is 0.852 bits per heavy atom. The van der Waals surface area contributed by atoms with Crippen LogP contribution in [0.2, 0.25) is 0 Å². The number of carbonyl (C=O) groups excluding carboxylic acids is 2. The summed E-state index contributed by atoms with van der Waals surface area (Å²) in [6, 6.07) is 19.7. The highest BCUT2D eigenvalue weighted by Crippen LogP contribution is 2.21. The number of benzene rings is 2. The molecule has 0 aliphatic carbocycles. The zero-order chi connectivity index (χ0) is 19.2. The summed E-state index contributed by atoms with van der Waals surface area (Å²) in [5.41, 5.74) is 3.19. The lowest BCUT2D eigenvalue weighted by Crippen LogP contribution is -2.14. The Morgan fingerprint density at radius 3 is 2.07 bits per heavy atom. The van der Waals surface area contributed by atoms with Crippen molar-refractivity contribution in [2.75, 3.05) is 17.7 Å². The van der Waals surface area contributed by atoms with Crippen LogP contribution in [-0.4, -0.2) is 23.9 Å². The van der Waals surface area contributed by atoms with Gasteiger partial charge in [0.15, 0.2) is 0 Å². The maximum atomic E-state index is 12.5. The van der Waals surface area contributed by atoms with E-state index in [0.29, 0.717) is 22.8 Å². The third-order valence-corrected chi connectivity index (χ3v) is 3.83. The Balaban J connectivity index is 1.74. The first-order valence-electron chi connectivity index (χ1n) is 8.35. The highest BCUT2D eigenvalue weighted by atomic mass is 16.5. The number of anilines is 2. The fourth-order valence-electron chi connectivity index (χ4n) is 2.52. The van der Waals surface area contributed by atoms with E-state index in [1.165, 1.54) is 6.92 Å². The van der Waals surface area contributed by atoms with E-state index in [1.807, 2.05) is 30.3 Å². The molecule has 136 valence electrons. The van der Waals surface area contributed by atoms with Crippen molar-refractivity contribution >= 4 is 23.2 Å². The van der Waals surface area contributed by atoms with E-state index in [2.05, 4.69) is 15.6 Å². The molecule has 2 N–H and O–H groups in total. The molecule has 1 aromatic heterocycles. The molecule has 0 unspecified atom stereocenters. The van der Waals surface area contributed by atoms with Crippen molar-refractivity contribution in [3.05, 3.63) is 72.4 Å². The van der Waals surface area contributed by atoms with Crippen molar-refractivity contribution in [1.82, 2.24) is 4.98 Å². The summed E-state index contributed by atoms with van der Waals surface area (Å²) in [6.45, 7) is 1.44. The van der Waals surface area contributed by atoms with Crippen molar-refractivity contribution in [3.63, 3.8) is 0 Å². The number of ether oxygens (including phenoxy) is 1. The van der Waals surface area contributed by atoms with E-state index in [0.717, 1.165) is 11.3 Å². The molecule has 6 nitrogen and oxygen atoms in total. The third-order valence-electron chi connectivity index (χ3n) is 3.83. The molecular weight excluding hydrogens is 342 g/mol. The van der Waals surface area contributed by atoms with Crippen LogP contribution in [0, 0.1) is 0 Å². The highest BCUT2D eigenvalue weighted by Gasteiger charge is 2.10. The summed E-state index contributed by atoms with van der Waals surface area (Å²) in [5, 5.41) is 5.48. The van der Waals surface area contributed by atoms with Crippen molar-refractivity contribution in [2.45, 2.75) is 6.92 Å². The number of amides is 2. The molecule has 3 rings (SSSR count). The topological polar surface area (TPSA) is 80.3 Å². The average molecular weight is 361 g/mol. The number of nitrogens with zero attached hydrogens (tertiary/aromatic N) is 1. The fraction of sp³-hybridized carbons (Fsp3) is 0.0952. The summed E-state index contributed by atoms with van der Waals surface area (Å²) in [7, 11) is 1.61. The summed E-state index contributed by atoms with van der Waals surface area (Å²) in [6.07, 6.45) is 0. The van der Waals surface area contributed by atoms with Gasteiger partial charge in [-0.25, -0.2) is 4.98 Å². The normalized spacial score (nSPS) is 10.1. The molecular formula is C21H19N3O3. The molecule has 0 aliphatic heterocycles. The average Bonchev–Trinajstić information content (AvgIpc) is 2.69. The maximum absolute atomic E-state index is 12.5. The molecule has 0 bridgehead atoms. The second kappa shape index (κ2) is 8.14. The lowest BCUT2D eigenvalue weighted by Gasteiger charge is -2.08. The molecule has 0 spiro atoms. The van der Waals surface area contributed by atoms with Gasteiger partial charge in [0, 0.05) is 23.9 Å². The van der Waals surface area contributed by atoms with E-state index in [9.17, 15) is 9.59 Å². The Morgan fingerprint density at radius 2 is 1.48 bits per heavy atom. The van der Waals surface area contributed by atoms with Crippen molar-refractivity contribution in [2.24, 2.45) is 0 Å². The predicted molar refractivity (Wildman–Crippen MR) is 105 cm³/mol. The van der Waals surface area contributed by atoms with E-state index in [1.54, 1.807) is 43.5 Å². The van der Waals surface area contributed by atoms with Crippen LogP contribution in [0.25, 0.3) is 11.3 Å². The van der Waals surface area contributed by atoms with Crippen molar-refractivity contribution < 1.29 is 14.3 Å². The van der Waals surface area contributed by atoms with Gasteiger partial charge in [-0.3, -0.25) is 9.59 Å². The second-order valence-corrected chi connectivity index (χ2v) is 5.85. The Labute approximate surface area is 157 Å². The molecule has 0 aliphatic rings. The molecule has 27 heavy (non-hydrogen) atoms. The summed E-state index contributed by atoms with van der Waals surface area (Å²) in [5.74, 6) is 0.305. The van der Waals surface area contributed by atoms with Crippen LogP contribution in [-0.2, 0) is 4.79 Å². The van der Waals surface area contributed by atoms with Gasteiger partial charge < -0.3 is 15.4 Å². The Hall–Kier alpha value is -3.67. The van der Waals surface area contributed by atoms with Crippen LogP contribution in [0.1, 0.15) is 17.4 Å². The molecule has 0 saturated carbocycles. The van der Waals surface area contributed by atoms with E-state index in [4.69, 9.17) is 4.74 Å². The van der Waals surface area contributed by atoms with Crippen LogP contribution in [0.15, 0.2) is 66.7 Å². The van der Waals surface area contributed by atoms with Crippen molar-refractivity contribution in [3.8, 4) is 17.0 Å². The van der Waals surface area contributed by atoms with Gasteiger partial charge in [0.25, 0.3) is 5.91 Å². The highest BCUT2D eigenvalue weighted by molar-refractivity contribution is 6.03. The first-order chi connectivity index (χ1) is 13.0. The first kappa shape index (κ1) is 18.1. The smallest absolute Gasteiger partial charge is 0.274 e. The molecule has 3 aromatic rings. The van der Waals surface area contributed by atoms with E-state index < -0.39 is 0 Å². The molecule has 0 atom stereocenters.